The second kappa shape index (κ2) is 8.31. The summed E-state index contributed by atoms with van der Waals surface area (Å²) in [5.41, 5.74) is 6.67. The summed E-state index contributed by atoms with van der Waals surface area (Å²) >= 11 is 0. The summed E-state index contributed by atoms with van der Waals surface area (Å²) in [5, 5.41) is 19.4. The first-order valence-electron chi connectivity index (χ1n) is 9.98. The molecule has 1 aromatic heterocycles. The number of hydrogen-bond acceptors (Lipinski definition) is 5. The van der Waals surface area contributed by atoms with E-state index in [1.165, 1.54) is 6.42 Å². The second-order valence-electron chi connectivity index (χ2n) is 8.01. The molecule has 0 radical (unpaired) electrons. The standard InChI is InChI=1S/C22H27N3O5/c1-11-8-14(10-25-7-5-4-6-12(25)2)13(3)15(9-11)16-17(21(27)28)19(23)24-20(26)18(16)22(29)30/h8-9,12H,4-7,10H2,1-3H3,(H,27,28)(H,29,30)(H3,23,24,26). The number of likely N-dealkylation sites (tertiary alicyclic amines) is 1. The fourth-order valence-electron chi connectivity index (χ4n) is 4.28. The number of carboxylic acid groups (broad SMARTS) is 2. The van der Waals surface area contributed by atoms with Crippen LogP contribution in [0.3, 0.4) is 0 Å². The van der Waals surface area contributed by atoms with E-state index in [1.54, 1.807) is 6.07 Å². The molecule has 0 saturated carbocycles. The van der Waals surface area contributed by atoms with E-state index < -0.39 is 28.6 Å². The molecule has 30 heavy (non-hydrogen) atoms. The van der Waals surface area contributed by atoms with Gasteiger partial charge in [0.15, 0.2) is 0 Å². The van der Waals surface area contributed by atoms with Crippen LogP contribution in [0.5, 0.6) is 0 Å². The number of carboxylic acids is 2. The highest BCUT2D eigenvalue weighted by Gasteiger charge is 2.28. The third-order valence-corrected chi connectivity index (χ3v) is 5.92. The van der Waals surface area contributed by atoms with Gasteiger partial charge in [0.2, 0.25) is 0 Å². The first kappa shape index (κ1) is 21.6. The number of aryl methyl sites for hydroxylation is 1. The van der Waals surface area contributed by atoms with Crippen molar-refractivity contribution in [3.8, 4) is 11.1 Å². The van der Waals surface area contributed by atoms with Crippen molar-refractivity contribution in [2.45, 2.75) is 52.6 Å². The van der Waals surface area contributed by atoms with E-state index in [1.807, 2.05) is 19.9 Å². The Kier molecular flexibility index (Phi) is 5.98. The number of benzene rings is 1. The normalized spacial score (nSPS) is 17.1. The molecule has 8 nitrogen and oxygen atoms in total. The van der Waals surface area contributed by atoms with Crippen LogP contribution in [0, 0.1) is 13.8 Å². The summed E-state index contributed by atoms with van der Waals surface area (Å²) in [6, 6.07) is 4.17. The lowest BCUT2D eigenvalue weighted by Crippen LogP contribution is -2.37. The number of nitrogens with one attached hydrogen (secondary N) is 1. The predicted molar refractivity (Wildman–Crippen MR) is 114 cm³/mol. The Hall–Kier alpha value is -3.13. The lowest BCUT2D eigenvalue weighted by Gasteiger charge is -2.34. The van der Waals surface area contributed by atoms with Crippen molar-refractivity contribution in [2.24, 2.45) is 0 Å². The number of nitrogen functional groups attached to an aromatic ring is 1. The topological polar surface area (TPSA) is 137 Å². The van der Waals surface area contributed by atoms with Crippen LogP contribution in [-0.2, 0) is 6.54 Å². The molecule has 1 saturated heterocycles. The molecular weight excluding hydrogens is 386 g/mol. The minimum Gasteiger partial charge on any atom is -0.478 e. The van der Waals surface area contributed by atoms with Gasteiger partial charge in [-0.05, 0) is 56.8 Å². The minimum absolute atomic E-state index is 0.148. The number of anilines is 1. The van der Waals surface area contributed by atoms with Crippen molar-refractivity contribution in [1.29, 1.82) is 0 Å². The maximum absolute atomic E-state index is 12.4. The quantitative estimate of drug-likeness (QED) is 0.591. The van der Waals surface area contributed by atoms with Gasteiger partial charge in [-0.1, -0.05) is 24.1 Å². The van der Waals surface area contributed by atoms with Gasteiger partial charge in [0.25, 0.3) is 5.56 Å². The number of hydrogen-bond donors (Lipinski definition) is 4. The molecule has 0 bridgehead atoms. The van der Waals surface area contributed by atoms with Gasteiger partial charge < -0.3 is 20.9 Å². The third-order valence-electron chi connectivity index (χ3n) is 5.92. The number of pyridine rings is 1. The SMILES string of the molecule is Cc1cc(CN2CCCCC2C)c(C)c(-c2c(C(=O)O)c(N)[nH]c(=O)c2C(=O)O)c1. The molecule has 1 aliphatic rings. The van der Waals surface area contributed by atoms with E-state index in [-0.39, 0.29) is 11.4 Å². The molecule has 1 aliphatic heterocycles. The summed E-state index contributed by atoms with van der Waals surface area (Å²) in [6.07, 6.45) is 3.44. The number of H-pyrrole nitrogens is 1. The van der Waals surface area contributed by atoms with E-state index in [2.05, 4.69) is 16.8 Å². The van der Waals surface area contributed by atoms with Crippen LogP contribution in [-0.4, -0.2) is 44.6 Å². The molecule has 1 atom stereocenters. The number of rotatable bonds is 5. The molecule has 1 aromatic carbocycles. The number of piperidine rings is 1. The van der Waals surface area contributed by atoms with Crippen LogP contribution in [0.1, 0.15) is 63.6 Å². The van der Waals surface area contributed by atoms with E-state index in [4.69, 9.17) is 5.73 Å². The Morgan fingerprint density at radius 2 is 1.83 bits per heavy atom. The Morgan fingerprint density at radius 1 is 1.17 bits per heavy atom. The number of nitrogens with zero attached hydrogens (tertiary/aromatic N) is 1. The van der Waals surface area contributed by atoms with Crippen LogP contribution in [0.15, 0.2) is 16.9 Å². The molecule has 160 valence electrons. The lowest BCUT2D eigenvalue weighted by molar-refractivity contribution is 0.0695. The maximum Gasteiger partial charge on any atom is 0.342 e. The molecule has 3 rings (SSSR count). The molecule has 5 N–H and O–H groups in total. The molecule has 0 amide bonds. The third kappa shape index (κ3) is 3.95. The fourth-order valence-corrected chi connectivity index (χ4v) is 4.28. The summed E-state index contributed by atoms with van der Waals surface area (Å²) < 4.78 is 0. The zero-order valence-electron chi connectivity index (χ0n) is 17.4. The van der Waals surface area contributed by atoms with Crippen molar-refractivity contribution >= 4 is 17.8 Å². The molecule has 0 spiro atoms. The summed E-state index contributed by atoms with van der Waals surface area (Å²) in [7, 11) is 0. The molecular formula is C22H27N3O5. The number of aromatic carboxylic acids is 2. The van der Waals surface area contributed by atoms with Crippen molar-refractivity contribution in [3.05, 3.63) is 50.3 Å². The first-order valence-corrected chi connectivity index (χ1v) is 9.98. The Labute approximate surface area is 174 Å². The van der Waals surface area contributed by atoms with E-state index >= 15 is 0 Å². The summed E-state index contributed by atoms with van der Waals surface area (Å²) in [5.74, 6) is -3.26. The van der Waals surface area contributed by atoms with Crippen molar-refractivity contribution < 1.29 is 19.8 Å². The molecule has 2 heterocycles. The fraction of sp³-hybridized carbons (Fsp3) is 0.409. The smallest absolute Gasteiger partial charge is 0.342 e. The molecule has 8 heteroatoms. The summed E-state index contributed by atoms with van der Waals surface area (Å²) in [4.78, 5) is 40.7. The zero-order valence-corrected chi connectivity index (χ0v) is 17.4. The highest BCUT2D eigenvalue weighted by molar-refractivity contribution is 6.07. The Morgan fingerprint density at radius 3 is 2.43 bits per heavy atom. The Bertz CT molecular complexity index is 1070. The van der Waals surface area contributed by atoms with Crippen molar-refractivity contribution in [1.82, 2.24) is 9.88 Å². The van der Waals surface area contributed by atoms with Crippen LogP contribution < -0.4 is 11.3 Å². The zero-order chi connectivity index (χ0) is 22.2. The first-order chi connectivity index (χ1) is 14.1. The van der Waals surface area contributed by atoms with Crippen LogP contribution in [0.25, 0.3) is 11.1 Å². The van der Waals surface area contributed by atoms with E-state index in [9.17, 15) is 24.6 Å². The van der Waals surface area contributed by atoms with Gasteiger partial charge in [0, 0.05) is 18.2 Å². The molecule has 1 fully saturated rings. The monoisotopic (exact) mass is 413 g/mol. The van der Waals surface area contributed by atoms with Gasteiger partial charge in [-0.2, -0.15) is 0 Å². The van der Waals surface area contributed by atoms with E-state index in [0.717, 1.165) is 36.1 Å². The van der Waals surface area contributed by atoms with Gasteiger partial charge in [0.05, 0.1) is 0 Å². The van der Waals surface area contributed by atoms with Crippen LogP contribution in [0.2, 0.25) is 0 Å². The summed E-state index contributed by atoms with van der Waals surface area (Å²) in [6.45, 7) is 7.53. The Balaban J connectivity index is 2.26. The number of nitrogens with two attached hydrogens (primary N) is 1. The number of aromatic nitrogens is 1. The van der Waals surface area contributed by atoms with Crippen molar-refractivity contribution in [3.63, 3.8) is 0 Å². The highest BCUT2D eigenvalue weighted by atomic mass is 16.4. The van der Waals surface area contributed by atoms with Gasteiger partial charge >= 0.3 is 11.9 Å². The predicted octanol–water partition coefficient (Wildman–Crippen LogP) is 3.01. The molecule has 2 aromatic rings. The highest BCUT2D eigenvalue weighted by Crippen LogP contribution is 2.34. The second-order valence-corrected chi connectivity index (χ2v) is 8.01. The number of carbonyl (C=O) groups is 2. The van der Waals surface area contributed by atoms with E-state index in [0.29, 0.717) is 18.2 Å². The van der Waals surface area contributed by atoms with Crippen LogP contribution in [0.4, 0.5) is 5.82 Å². The van der Waals surface area contributed by atoms with Gasteiger partial charge in [-0.25, -0.2) is 9.59 Å². The lowest BCUT2D eigenvalue weighted by atomic mass is 9.88. The average Bonchev–Trinajstić information content (AvgIpc) is 2.64. The molecule has 1 unspecified atom stereocenters. The average molecular weight is 413 g/mol. The van der Waals surface area contributed by atoms with Crippen molar-refractivity contribution in [2.75, 3.05) is 12.3 Å². The maximum atomic E-state index is 12.4. The van der Waals surface area contributed by atoms with Gasteiger partial charge in [-0.15, -0.1) is 0 Å². The number of aromatic amines is 1. The minimum atomic E-state index is -1.50. The largest absolute Gasteiger partial charge is 0.478 e. The van der Waals surface area contributed by atoms with Gasteiger partial charge in [-0.3, -0.25) is 9.69 Å². The van der Waals surface area contributed by atoms with Crippen LogP contribution >= 0.6 is 0 Å². The van der Waals surface area contributed by atoms with Gasteiger partial charge in [0.1, 0.15) is 16.9 Å². The molecule has 0 aliphatic carbocycles.